The van der Waals surface area contributed by atoms with Crippen molar-refractivity contribution in [2.45, 2.75) is 25.8 Å². The molecule has 0 aliphatic carbocycles. The van der Waals surface area contributed by atoms with Crippen molar-refractivity contribution in [1.29, 1.82) is 0 Å². The van der Waals surface area contributed by atoms with Gasteiger partial charge in [0.05, 0.1) is 10.2 Å². The largest absolute Gasteiger partial charge is 0.380 e. The third kappa shape index (κ3) is 3.59. The van der Waals surface area contributed by atoms with Gasteiger partial charge in [0.25, 0.3) is 0 Å². The van der Waals surface area contributed by atoms with Gasteiger partial charge in [-0.2, -0.15) is 0 Å². The fraction of sp³-hybridized carbons (Fsp3) is 0.333. The molecule has 0 saturated heterocycles. The average molecular weight is 290 g/mol. The number of anilines is 1. The van der Waals surface area contributed by atoms with Crippen molar-refractivity contribution >= 4 is 21.6 Å². The van der Waals surface area contributed by atoms with E-state index < -0.39 is 11.6 Å². The second kappa shape index (κ2) is 5.99. The number of allylic oxidation sites excluding steroid dienone is 1. The highest BCUT2D eigenvalue weighted by Crippen LogP contribution is 2.24. The second-order valence-electron chi connectivity index (χ2n) is 3.66. The summed E-state index contributed by atoms with van der Waals surface area (Å²) in [7, 11) is 0. The first kappa shape index (κ1) is 13.2. The molecule has 0 radical (unpaired) electrons. The highest BCUT2D eigenvalue weighted by Gasteiger charge is 2.10. The molecule has 4 heteroatoms. The van der Waals surface area contributed by atoms with Gasteiger partial charge in [0.2, 0.25) is 0 Å². The van der Waals surface area contributed by atoms with Crippen LogP contribution in [0.3, 0.4) is 0 Å². The molecular formula is C12H14BrF2N. The Labute approximate surface area is 103 Å². The predicted molar refractivity (Wildman–Crippen MR) is 66.6 cm³/mol. The average Bonchev–Trinajstić information content (AvgIpc) is 2.23. The Morgan fingerprint density at radius 1 is 1.44 bits per heavy atom. The molecule has 88 valence electrons. The number of rotatable bonds is 5. The first-order valence-electron chi connectivity index (χ1n) is 5.06. The van der Waals surface area contributed by atoms with Crippen molar-refractivity contribution in [2.24, 2.45) is 0 Å². The lowest BCUT2D eigenvalue weighted by Crippen LogP contribution is -2.15. The molecule has 0 amide bonds. The molecule has 0 bridgehead atoms. The van der Waals surface area contributed by atoms with E-state index in [-0.39, 0.29) is 10.5 Å². The van der Waals surface area contributed by atoms with Crippen LogP contribution >= 0.6 is 15.9 Å². The predicted octanol–water partition coefficient (Wildman–Crippen LogP) is 4.49. The van der Waals surface area contributed by atoms with E-state index in [1.165, 1.54) is 6.07 Å². The molecule has 1 atom stereocenters. The number of halogens is 3. The van der Waals surface area contributed by atoms with Gasteiger partial charge in [0.1, 0.15) is 11.6 Å². The summed E-state index contributed by atoms with van der Waals surface area (Å²) in [4.78, 5) is 0. The number of nitrogens with one attached hydrogen (secondary N) is 1. The zero-order chi connectivity index (χ0) is 12.1. The van der Waals surface area contributed by atoms with E-state index in [2.05, 4.69) is 27.8 Å². The minimum atomic E-state index is -0.596. The Morgan fingerprint density at radius 3 is 2.75 bits per heavy atom. The first-order chi connectivity index (χ1) is 7.54. The molecule has 1 N–H and O–H groups in total. The summed E-state index contributed by atoms with van der Waals surface area (Å²) in [5.74, 6) is -1.17. The van der Waals surface area contributed by atoms with Gasteiger partial charge >= 0.3 is 0 Å². The van der Waals surface area contributed by atoms with Crippen molar-refractivity contribution in [1.82, 2.24) is 0 Å². The molecule has 0 aliphatic rings. The van der Waals surface area contributed by atoms with Gasteiger partial charge in [-0.05, 0) is 41.8 Å². The molecule has 1 nitrogen and oxygen atoms in total. The van der Waals surface area contributed by atoms with Crippen molar-refractivity contribution in [2.75, 3.05) is 5.32 Å². The Morgan fingerprint density at radius 2 is 2.12 bits per heavy atom. The minimum Gasteiger partial charge on any atom is -0.380 e. The van der Waals surface area contributed by atoms with Crippen LogP contribution in [0.4, 0.5) is 14.5 Å². The lowest BCUT2D eigenvalue weighted by Gasteiger charge is -2.15. The molecule has 0 aliphatic heterocycles. The SMILES string of the molecule is C=CCCC(C)Nc1cc(Br)c(F)cc1F. The van der Waals surface area contributed by atoms with E-state index in [0.29, 0.717) is 5.69 Å². The highest BCUT2D eigenvalue weighted by atomic mass is 79.9. The third-order valence-electron chi connectivity index (χ3n) is 2.22. The van der Waals surface area contributed by atoms with Crippen LogP contribution < -0.4 is 5.32 Å². The molecule has 0 aromatic heterocycles. The summed E-state index contributed by atoms with van der Waals surface area (Å²) in [5.41, 5.74) is 0.310. The van der Waals surface area contributed by atoms with Crippen LogP contribution in [0.1, 0.15) is 19.8 Å². The Bertz CT molecular complexity index is 380. The van der Waals surface area contributed by atoms with Crippen LogP contribution in [-0.4, -0.2) is 6.04 Å². The van der Waals surface area contributed by atoms with Gasteiger partial charge in [-0.3, -0.25) is 0 Å². The zero-order valence-corrected chi connectivity index (χ0v) is 10.7. The summed E-state index contributed by atoms with van der Waals surface area (Å²) in [6.45, 7) is 5.57. The monoisotopic (exact) mass is 289 g/mol. The highest BCUT2D eigenvalue weighted by molar-refractivity contribution is 9.10. The Kier molecular flexibility index (Phi) is 4.93. The van der Waals surface area contributed by atoms with Gasteiger partial charge in [-0.15, -0.1) is 6.58 Å². The lowest BCUT2D eigenvalue weighted by atomic mass is 10.1. The number of hydrogen-bond donors (Lipinski definition) is 1. The van der Waals surface area contributed by atoms with Crippen molar-refractivity contribution < 1.29 is 8.78 Å². The van der Waals surface area contributed by atoms with Gasteiger partial charge in [-0.1, -0.05) is 6.08 Å². The minimum absolute atomic E-state index is 0.116. The van der Waals surface area contributed by atoms with E-state index >= 15 is 0 Å². The summed E-state index contributed by atoms with van der Waals surface area (Å²) < 4.78 is 26.6. The maximum absolute atomic E-state index is 13.4. The number of benzene rings is 1. The fourth-order valence-electron chi connectivity index (χ4n) is 1.34. The summed E-state index contributed by atoms with van der Waals surface area (Å²) in [5, 5.41) is 2.99. The standard InChI is InChI=1S/C12H14BrF2N/c1-3-4-5-8(2)16-12-6-9(13)10(14)7-11(12)15/h3,6-8,16H,1,4-5H2,2H3. The quantitative estimate of drug-likeness (QED) is 0.622. The van der Waals surface area contributed by atoms with Crippen LogP contribution in [-0.2, 0) is 0 Å². The smallest absolute Gasteiger partial charge is 0.149 e. The molecule has 1 aromatic carbocycles. The number of hydrogen-bond acceptors (Lipinski definition) is 1. The molecule has 0 spiro atoms. The van der Waals surface area contributed by atoms with Crippen molar-refractivity contribution in [3.05, 3.63) is 40.9 Å². The molecule has 1 rings (SSSR count). The molecule has 16 heavy (non-hydrogen) atoms. The van der Waals surface area contributed by atoms with Crippen LogP contribution in [0.2, 0.25) is 0 Å². The van der Waals surface area contributed by atoms with Crippen LogP contribution in [0.5, 0.6) is 0 Å². The Balaban J connectivity index is 2.73. The van der Waals surface area contributed by atoms with E-state index in [4.69, 9.17) is 0 Å². The summed E-state index contributed by atoms with van der Waals surface area (Å²) in [6, 6.07) is 2.40. The van der Waals surface area contributed by atoms with Gasteiger partial charge in [-0.25, -0.2) is 8.78 Å². The molecule has 1 aromatic rings. The topological polar surface area (TPSA) is 12.0 Å². The van der Waals surface area contributed by atoms with Gasteiger partial charge in [0, 0.05) is 12.1 Å². The summed E-state index contributed by atoms with van der Waals surface area (Å²) in [6.07, 6.45) is 3.53. The van der Waals surface area contributed by atoms with Gasteiger partial charge < -0.3 is 5.32 Å². The molecule has 0 fully saturated rings. The third-order valence-corrected chi connectivity index (χ3v) is 2.82. The fourth-order valence-corrected chi connectivity index (χ4v) is 1.68. The van der Waals surface area contributed by atoms with Crippen LogP contribution in [0, 0.1) is 11.6 Å². The zero-order valence-electron chi connectivity index (χ0n) is 9.06. The second-order valence-corrected chi connectivity index (χ2v) is 4.51. The molecule has 0 saturated carbocycles. The van der Waals surface area contributed by atoms with E-state index in [1.54, 1.807) is 0 Å². The van der Waals surface area contributed by atoms with Gasteiger partial charge in [0.15, 0.2) is 0 Å². The lowest BCUT2D eigenvalue weighted by molar-refractivity contribution is 0.578. The molecular weight excluding hydrogens is 276 g/mol. The van der Waals surface area contributed by atoms with Crippen LogP contribution in [0.15, 0.2) is 29.3 Å². The van der Waals surface area contributed by atoms with Crippen molar-refractivity contribution in [3.63, 3.8) is 0 Å². The van der Waals surface area contributed by atoms with Crippen LogP contribution in [0.25, 0.3) is 0 Å². The van der Waals surface area contributed by atoms with E-state index in [0.717, 1.165) is 18.9 Å². The summed E-state index contributed by atoms with van der Waals surface area (Å²) >= 11 is 3.02. The van der Waals surface area contributed by atoms with Crippen molar-refractivity contribution in [3.8, 4) is 0 Å². The molecule has 0 heterocycles. The molecule has 1 unspecified atom stereocenters. The normalized spacial score (nSPS) is 12.2. The van der Waals surface area contributed by atoms with E-state index in [9.17, 15) is 8.78 Å². The Hall–Kier alpha value is -0.900. The van der Waals surface area contributed by atoms with E-state index in [1.807, 2.05) is 13.0 Å². The maximum atomic E-state index is 13.4. The maximum Gasteiger partial charge on any atom is 0.149 e. The first-order valence-corrected chi connectivity index (χ1v) is 5.86.